The molecule has 0 fully saturated rings. The predicted molar refractivity (Wildman–Crippen MR) is 50.4 cm³/mol. The molecule has 0 aliphatic heterocycles. The molecule has 0 aliphatic carbocycles. The average Bonchev–Trinajstić information content (AvgIpc) is 2.66. The van der Waals surface area contributed by atoms with E-state index in [2.05, 4.69) is 11.7 Å². The Balaban J connectivity index is 0.000000336. The Labute approximate surface area is 73.5 Å². The number of halogens is 1. The van der Waals surface area contributed by atoms with Gasteiger partial charge in [-0.15, -0.1) is 0 Å². The SMILES string of the molecule is NN.Nc1cc(Cl)c2c(=O)c2c1. The van der Waals surface area contributed by atoms with Gasteiger partial charge < -0.3 is 5.73 Å². The molecule has 0 saturated carbocycles. The summed E-state index contributed by atoms with van der Waals surface area (Å²) in [6.07, 6.45) is 0. The summed E-state index contributed by atoms with van der Waals surface area (Å²) in [7, 11) is 0. The summed E-state index contributed by atoms with van der Waals surface area (Å²) in [5.74, 6) is 8.00. The van der Waals surface area contributed by atoms with E-state index in [1.807, 2.05) is 0 Å². The third kappa shape index (κ3) is 1.27. The lowest BCUT2D eigenvalue weighted by molar-refractivity contribution is 1.26. The van der Waals surface area contributed by atoms with Crippen molar-refractivity contribution in [3.63, 3.8) is 0 Å². The molecule has 5 heteroatoms. The number of fused-ring (bicyclic) bond motifs is 1. The zero-order valence-corrected chi connectivity index (χ0v) is 6.93. The lowest BCUT2D eigenvalue weighted by Crippen LogP contribution is -2.02. The van der Waals surface area contributed by atoms with E-state index in [0.717, 1.165) is 0 Å². The summed E-state index contributed by atoms with van der Waals surface area (Å²) < 4.78 is 0. The second-order valence-corrected chi connectivity index (χ2v) is 2.66. The summed E-state index contributed by atoms with van der Waals surface area (Å²) >= 11 is 5.66. The zero-order chi connectivity index (χ0) is 9.30. The first kappa shape index (κ1) is 8.99. The Hall–Kier alpha value is -1.10. The van der Waals surface area contributed by atoms with Crippen LogP contribution in [0, 0.1) is 0 Å². The maximum absolute atomic E-state index is 10.8. The van der Waals surface area contributed by atoms with E-state index in [-0.39, 0.29) is 5.43 Å². The van der Waals surface area contributed by atoms with E-state index in [1.165, 1.54) is 0 Å². The van der Waals surface area contributed by atoms with Crippen molar-refractivity contribution in [3.05, 3.63) is 27.4 Å². The van der Waals surface area contributed by atoms with Crippen LogP contribution in [0.15, 0.2) is 16.9 Å². The summed E-state index contributed by atoms with van der Waals surface area (Å²) in [6.45, 7) is 0. The Morgan fingerprint density at radius 3 is 2.33 bits per heavy atom. The van der Waals surface area contributed by atoms with Crippen LogP contribution in [0.3, 0.4) is 0 Å². The molecule has 12 heavy (non-hydrogen) atoms. The molecular formula is C7H8ClN3O. The number of nitrogen functional groups attached to an aromatic ring is 1. The molecule has 2 aromatic carbocycles. The first-order valence-corrected chi connectivity index (χ1v) is 3.55. The molecule has 0 aliphatic rings. The highest BCUT2D eigenvalue weighted by atomic mass is 35.5. The third-order valence-corrected chi connectivity index (χ3v) is 1.82. The van der Waals surface area contributed by atoms with Crippen molar-refractivity contribution >= 4 is 28.1 Å². The number of benzene rings is 1. The Morgan fingerprint density at radius 1 is 1.25 bits per heavy atom. The maximum Gasteiger partial charge on any atom is 0.196 e. The van der Waals surface area contributed by atoms with Gasteiger partial charge in [-0.1, -0.05) is 11.6 Å². The zero-order valence-electron chi connectivity index (χ0n) is 6.17. The van der Waals surface area contributed by atoms with Crippen molar-refractivity contribution in [1.82, 2.24) is 0 Å². The average molecular weight is 186 g/mol. The summed E-state index contributed by atoms with van der Waals surface area (Å²) in [6, 6.07) is 3.23. The van der Waals surface area contributed by atoms with Gasteiger partial charge in [0.2, 0.25) is 0 Å². The van der Waals surface area contributed by atoms with Gasteiger partial charge in [0.05, 0.1) is 10.4 Å². The van der Waals surface area contributed by atoms with Gasteiger partial charge in [0.1, 0.15) is 0 Å². The van der Waals surface area contributed by atoms with Crippen LogP contribution in [0.25, 0.3) is 10.8 Å². The highest BCUT2D eigenvalue weighted by molar-refractivity contribution is 6.37. The Morgan fingerprint density at radius 2 is 1.83 bits per heavy atom. The van der Waals surface area contributed by atoms with Crippen molar-refractivity contribution in [2.24, 2.45) is 11.7 Å². The Kier molecular flexibility index (Phi) is 2.32. The van der Waals surface area contributed by atoms with Crippen molar-refractivity contribution in [3.8, 4) is 0 Å². The Bertz CT molecular complexity index is 417. The van der Waals surface area contributed by atoms with Crippen molar-refractivity contribution in [2.45, 2.75) is 0 Å². The smallest absolute Gasteiger partial charge is 0.196 e. The molecule has 0 atom stereocenters. The monoisotopic (exact) mass is 185 g/mol. The fourth-order valence-corrected chi connectivity index (χ4v) is 1.30. The van der Waals surface area contributed by atoms with E-state index < -0.39 is 0 Å². The highest BCUT2D eigenvalue weighted by Crippen LogP contribution is 2.27. The fraction of sp³-hybridized carbons (Fsp3) is 0. The number of hydrazine groups is 1. The number of anilines is 1. The third-order valence-electron chi connectivity index (χ3n) is 1.52. The van der Waals surface area contributed by atoms with E-state index in [1.54, 1.807) is 12.1 Å². The maximum atomic E-state index is 10.8. The number of hydrogen-bond donors (Lipinski definition) is 3. The highest BCUT2D eigenvalue weighted by Gasteiger charge is 2.15. The summed E-state index contributed by atoms with van der Waals surface area (Å²) in [5.41, 5.74) is 6.00. The molecule has 0 heterocycles. The molecule has 0 saturated heterocycles. The summed E-state index contributed by atoms with van der Waals surface area (Å²) in [5, 5.41) is 1.78. The summed E-state index contributed by atoms with van der Waals surface area (Å²) in [4.78, 5) is 10.8. The topological polar surface area (TPSA) is 95.1 Å². The second-order valence-electron chi connectivity index (χ2n) is 2.25. The standard InChI is InChI=1S/C7H4ClNO.H4N2/c8-5-2-3(9)1-4-6(5)7(4)10;1-2/h1-2H,9H2;1-2H2. The lowest BCUT2D eigenvalue weighted by atomic mass is 10.3. The van der Waals surface area contributed by atoms with Gasteiger partial charge in [-0.2, -0.15) is 0 Å². The molecule has 6 N–H and O–H groups in total. The van der Waals surface area contributed by atoms with Crippen LogP contribution in [0.1, 0.15) is 0 Å². The normalized spacial score (nSPS) is 9.92. The minimum Gasteiger partial charge on any atom is -0.399 e. The molecule has 2 rings (SSSR count). The fourth-order valence-electron chi connectivity index (χ4n) is 0.986. The molecule has 2 aromatic rings. The molecule has 0 bridgehead atoms. The van der Waals surface area contributed by atoms with Crippen molar-refractivity contribution in [2.75, 3.05) is 5.73 Å². The molecule has 0 aromatic heterocycles. The van der Waals surface area contributed by atoms with Crippen LogP contribution in [0.4, 0.5) is 5.69 Å². The lowest BCUT2D eigenvalue weighted by Gasteiger charge is -1.87. The molecule has 0 amide bonds. The largest absolute Gasteiger partial charge is 0.399 e. The second kappa shape index (κ2) is 3.10. The van der Waals surface area contributed by atoms with Gasteiger partial charge in [-0.3, -0.25) is 16.5 Å². The van der Waals surface area contributed by atoms with Gasteiger partial charge in [-0.05, 0) is 12.1 Å². The van der Waals surface area contributed by atoms with Gasteiger partial charge in [0.25, 0.3) is 0 Å². The first-order valence-electron chi connectivity index (χ1n) is 3.17. The van der Waals surface area contributed by atoms with Crippen LogP contribution in [-0.2, 0) is 0 Å². The van der Waals surface area contributed by atoms with Crippen LogP contribution >= 0.6 is 11.6 Å². The van der Waals surface area contributed by atoms with Crippen molar-refractivity contribution in [1.29, 1.82) is 0 Å². The van der Waals surface area contributed by atoms with Gasteiger partial charge >= 0.3 is 0 Å². The molecule has 0 spiro atoms. The minimum atomic E-state index is 0.0294. The van der Waals surface area contributed by atoms with Crippen LogP contribution in [-0.4, -0.2) is 0 Å². The van der Waals surface area contributed by atoms with E-state index in [0.29, 0.717) is 21.5 Å². The molecule has 0 unspecified atom stereocenters. The quantitative estimate of drug-likeness (QED) is 0.309. The van der Waals surface area contributed by atoms with Gasteiger partial charge in [0.15, 0.2) is 5.43 Å². The minimum absolute atomic E-state index is 0.0294. The molecule has 64 valence electrons. The van der Waals surface area contributed by atoms with Crippen LogP contribution in [0.5, 0.6) is 0 Å². The molecule has 0 radical (unpaired) electrons. The number of nitrogens with two attached hydrogens (primary N) is 3. The number of rotatable bonds is 0. The predicted octanol–water partition coefficient (Wildman–Crippen LogP) is 0.130. The van der Waals surface area contributed by atoms with Crippen LogP contribution < -0.4 is 22.8 Å². The first-order chi connectivity index (χ1) is 5.70. The van der Waals surface area contributed by atoms with E-state index in [4.69, 9.17) is 17.3 Å². The van der Waals surface area contributed by atoms with E-state index in [9.17, 15) is 4.79 Å². The molecule has 4 nitrogen and oxygen atoms in total. The molecular weight excluding hydrogens is 178 g/mol. The van der Waals surface area contributed by atoms with Gasteiger partial charge in [0, 0.05) is 11.1 Å². The van der Waals surface area contributed by atoms with Crippen LogP contribution in [0.2, 0.25) is 5.02 Å². The van der Waals surface area contributed by atoms with E-state index >= 15 is 0 Å². The van der Waals surface area contributed by atoms with Crippen molar-refractivity contribution < 1.29 is 0 Å². The number of hydrogen-bond acceptors (Lipinski definition) is 4. The van der Waals surface area contributed by atoms with Gasteiger partial charge in [-0.25, -0.2) is 0 Å².